The van der Waals surface area contributed by atoms with E-state index < -0.39 is 0 Å². The van der Waals surface area contributed by atoms with Gasteiger partial charge in [0.05, 0.1) is 5.41 Å². The zero-order chi connectivity index (χ0) is 12.2. The predicted octanol–water partition coefficient (Wildman–Crippen LogP) is 4.38. The molecule has 0 saturated heterocycles. The van der Waals surface area contributed by atoms with Gasteiger partial charge in [0.15, 0.2) is 0 Å². The van der Waals surface area contributed by atoms with E-state index in [0.717, 1.165) is 29.8 Å². The molecule has 0 N–H and O–H groups in total. The van der Waals surface area contributed by atoms with Crippen LogP contribution in [0.15, 0.2) is 24.3 Å². The van der Waals surface area contributed by atoms with E-state index in [1.54, 1.807) is 6.92 Å². The molecule has 1 aliphatic rings. The number of benzene rings is 1. The van der Waals surface area contributed by atoms with Crippen molar-refractivity contribution in [3.05, 3.63) is 34.9 Å². The molecule has 1 nitrogen and oxygen atoms in total. The third-order valence-corrected chi connectivity index (χ3v) is 3.53. The van der Waals surface area contributed by atoms with Crippen molar-refractivity contribution in [2.24, 2.45) is 0 Å². The van der Waals surface area contributed by atoms with Crippen LogP contribution in [0.2, 0.25) is 5.02 Å². The molecule has 1 fully saturated rings. The Balaban J connectivity index is 0.000000606. The highest BCUT2D eigenvalue weighted by Crippen LogP contribution is 2.44. The topological polar surface area (TPSA) is 17.1 Å². The number of ketones is 1. The molecular weight excluding hydrogens is 220 g/mol. The highest BCUT2D eigenvalue weighted by Gasteiger charge is 2.42. The number of halogens is 1. The quantitative estimate of drug-likeness (QED) is 0.748. The molecule has 0 heterocycles. The summed E-state index contributed by atoms with van der Waals surface area (Å²) in [5.41, 5.74) is 0.936. The normalized spacial score (nSPS) is 16.8. The molecule has 0 aromatic heterocycles. The van der Waals surface area contributed by atoms with Crippen molar-refractivity contribution in [1.82, 2.24) is 0 Å². The van der Waals surface area contributed by atoms with Crippen molar-refractivity contribution >= 4 is 17.4 Å². The van der Waals surface area contributed by atoms with Gasteiger partial charge in [-0.3, -0.25) is 4.79 Å². The lowest BCUT2D eigenvalue weighted by Crippen LogP contribution is -2.40. The Morgan fingerprint density at radius 2 is 1.69 bits per heavy atom. The van der Waals surface area contributed by atoms with E-state index in [2.05, 4.69) is 0 Å². The van der Waals surface area contributed by atoms with Gasteiger partial charge in [0.1, 0.15) is 5.78 Å². The Morgan fingerprint density at radius 1 is 1.19 bits per heavy atom. The van der Waals surface area contributed by atoms with Gasteiger partial charge >= 0.3 is 0 Å². The second-order valence-electron chi connectivity index (χ2n) is 4.00. The van der Waals surface area contributed by atoms with Gasteiger partial charge in [-0.2, -0.15) is 0 Å². The van der Waals surface area contributed by atoms with Gasteiger partial charge < -0.3 is 0 Å². The molecule has 0 radical (unpaired) electrons. The average Bonchev–Trinajstić information content (AvgIpc) is 2.22. The van der Waals surface area contributed by atoms with Crippen LogP contribution in [0.3, 0.4) is 0 Å². The third-order valence-electron chi connectivity index (χ3n) is 3.28. The van der Waals surface area contributed by atoms with Gasteiger partial charge in [0.25, 0.3) is 0 Å². The van der Waals surface area contributed by atoms with E-state index in [1.807, 2.05) is 38.1 Å². The van der Waals surface area contributed by atoms with Gasteiger partial charge in [-0.25, -0.2) is 0 Å². The van der Waals surface area contributed by atoms with Crippen molar-refractivity contribution in [1.29, 1.82) is 0 Å². The van der Waals surface area contributed by atoms with Gasteiger partial charge in [-0.05, 0) is 37.5 Å². The van der Waals surface area contributed by atoms with E-state index in [4.69, 9.17) is 11.6 Å². The molecule has 1 saturated carbocycles. The summed E-state index contributed by atoms with van der Waals surface area (Å²) in [5.74, 6) is 0.283. The molecule has 0 unspecified atom stereocenters. The summed E-state index contributed by atoms with van der Waals surface area (Å²) in [7, 11) is 0. The van der Waals surface area contributed by atoms with E-state index in [9.17, 15) is 4.79 Å². The number of hydrogen-bond acceptors (Lipinski definition) is 1. The SMILES string of the molecule is CC.CC(=O)C1(c2ccc(Cl)cc2)CCC1. The van der Waals surface area contributed by atoms with Crippen LogP contribution in [0, 0.1) is 0 Å². The minimum Gasteiger partial charge on any atom is -0.299 e. The van der Waals surface area contributed by atoms with Crippen LogP contribution in [0.1, 0.15) is 45.6 Å². The minimum atomic E-state index is -0.190. The van der Waals surface area contributed by atoms with Gasteiger partial charge in [-0.1, -0.05) is 44.0 Å². The second kappa shape index (κ2) is 5.49. The Hall–Kier alpha value is -0.820. The summed E-state index contributed by atoms with van der Waals surface area (Å²) in [4.78, 5) is 11.6. The number of carbonyl (C=O) groups excluding carboxylic acids is 1. The maximum absolute atomic E-state index is 11.6. The molecule has 0 amide bonds. The van der Waals surface area contributed by atoms with Crippen LogP contribution < -0.4 is 0 Å². The highest BCUT2D eigenvalue weighted by molar-refractivity contribution is 6.30. The molecule has 2 heteroatoms. The zero-order valence-electron chi connectivity index (χ0n) is 10.2. The van der Waals surface area contributed by atoms with Crippen molar-refractivity contribution in [2.75, 3.05) is 0 Å². The monoisotopic (exact) mass is 238 g/mol. The molecule has 2 rings (SSSR count). The van der Waals surface area contributed by atoms with Crippen LogP contribution in [0.5, 0.6) is 0 Å². The summed E-state index contributed by atoms with van der Waals surface area (Å²) in [6.07, 6.45) is 3.14. The van der Waals surface area contributed by atoms with Crippen LogP contribution in [0.25, 0.3) is 0 Å². The minimum absolute atomic E-state index is 0.190. The van der Waals surface area contributed by atoms with E-state index in [-0.39, 0.29) is 11.2 Å². The molecule has 0 spiro atoms. The first kappa shape index (κ1) is 13.2. The van der Waals surface area contributed by atoms with E-state index >= 15 is 0 Å². The summed E-state index contributed by atoms with van der Waals surface area (Å²) in [5, 5.41) is 0.728. The fourth-order valence-electron chi connectivity index (χ4n) is 2.14. The van der Waals surface area contributed by atoms with Gasteiger partial charge in [0.2, 0.25) is 0 Å². The van der Waals surface area contributed by atoms with Gasteiger partial charge in [-0.15, -0.1) is 0 Å². The van der Waals surface area contributed by atoms with Crippen molar-refractivity contribution in [3.63, 3.8) is 0 Å². The van der Waals surface area contributed by atoms with Crippen LogP contribution >= 0.6 is 11.6 Å². The first-order valence-electron chi connectivity index (χ1n) is 5.92. The fourth-order valence-corrected chi connectivity index (χ4v) is 2.27. The number of Topliss-reactive ketones (excluding diaryl/α,β-unsaturated/α-hetero) is 1. The number of carbonyl (C=O) groups is 1. The van der Waals surface area contributed by atoms with Crippen LogP contribution in [0.4, 0.5) is 0 Å². The smallest absolute Gasteiger partial charge is 0.140 e. The zero-order valence-corrected chi connectivity index (χ0v) is 11.0. The summed E-state index contributed by atoms with van der Waals surface area (Å²) >= 11 is 5.82. The largest absolute Gasteiger partial charge is 0.299 e. The summed E-state index contributed by atoms with van der Waals surface area (Å²) in [6, 6.07) is 7.67. The maximum Gasteiger partial charge on any atom is 0.140 e. The Morgan fingerprint density at radius 3 is 2.00 bits per heavy atom. The lowest BCUT2D eigenvalue weighted by Gasteiger charge is -2.40. The van der Waals surface area contributed by atoms with Crippen LogP contribution in [-0.2, 0) is 10.2 Å². The third kappa shape index (κ3) is 2.30. The second-order valence-corrected chi connectivity index (χ2v) is 4.44. The van der Waals surface area contributed by atoms with Crippen LogP contribution in [-0.4, -0.2) is 5.78 Å². The lowest BCUT2D eigenvalue weighted by molar-refractivity contribution is -0.125. The lowest BCUT2D eigenvalue weighted by atomic mass is 9.62. The van der Waals surface area contributed by atoms with Crippen molar-refractivity contribution in [3.8, 4) is 0 Å². The van der Waals surface area contributed by atoms with Gasteiger partial charge in [0, 0.05) is 5.02 Å². The van der Waals surface area contributed by atoms with Crippen molar-refractivity contribution in [2.45, 2.75) is 45.4 Å². The average molecular weight is 239 g/mol. The molecule has 1 aromatic carbocycles. The Bertz CT molecular complexity index is 350. The molecule has 0 bridgehead atoms. The molecule has 0 aliphatic heterocycles. The standard InChI is InChI=1S/C12H13ClO.C2H6/c1-9(14)12(7-2-8-12)10-3-5-11(13)6-4-10;1-2/h3-6H,2,7-8H2,1H3;1-2H3. The Labute approximate surface area is 103 Å². The molecule has 0 atom stereocenters. The molecule has 16 heavy (non-hydrogen) atoms. The Kier molecular flexibility index (Phi) is 4.55. The maximum atomic E-state index is 11.6. The number of rotatable bonds is 2. The summed E-state index contributed by atoms with van der Waals surface area (Å²) < 4.78 is 0. The molecule has 1 aromatic rings. The first-order chi connectivity index (χ1) is 7.65. The predicted molar refractivity (Wildman–Crippen MR) is 69.0 cm³/mol. The summed E-state index contributed by atoms with van der Waals surface area (Å²) in [6.45, 7) is 5.69. The first-order valence-corrected chi connectivity index (χ1v) is 6.30. The molecular formula is C14H19ClO. The molecule has 88 valence electrons. The number of hydrogen-bond donors (Lipinski definition) is 0. The highest BCUT2D eigenvalue weighted by atomic mass is 35.5. The van der Waals surface area contributed by atoms with E-state index in [1.165, 1.54) is 0 Å². The fraction of sp³-hybridized carbons (Fsp3) is 0.500. The molecule has 1 aliphatic carbocycles. The van der Waals surface area contributed by atoms with Crippen molar-refractivity contribution < 1.29 is 4.79 Å². The van der Waals surface area contributed by atoms with E-state index in [0.29, 0.717) is 0 Å².